The molecule has 4 nitrogen and oxygen atoms in total. The minimum absolute atomic E-state index is 0.0539. The van der Waals surface area contributed by atoms with E-state index in [1.54, 1.807) is 6.92 Å². The van der Waals surface area contributed by atoms with Gasteiger partial charge in [0.05, 0.1) is 0 Å². The maximum atomic E-state index is 13.2. The maximum Gasteiger partial charge on any atom is 0.254 e. The average molecular weight is 364 g/mol. The Morgan fingerprint density at radius 1 is 0.889 bits per heavy atom. The Kier molecular flexibility index (Phi) is 6.28. The first-order chi connectivity index (χ1) is 13.1. The molecule has 1 aliphatic heterocycles. The topological polar surface area (TPSA) is 40.6 Å². The van der Waals surface area contributed by atoms with Gasteiger partial charge in [0.25, 0.3) is 5.91 Å². The molecule has 27 heavy (non-hydrogen) atoms. The molecular weight excluding hydrogens is 336 g/mol. The Hall–Kier alpha value is -2.62. The van der Waals surface area contributed by atoms with Gasteiger partial charge in [-0.25, -0.2) is 0 Å². The van der Waals surface area contributed by atoms with E-state index >= 15 is 0 Å². The monoisotopic (exact) mass is 364 g/mol. The molecule has 0 aliphatic carbocycles. The van der Waals surface area contributed by atoms with Crippen molar-refractivity contribution in [3.63, 3.8) is 0 Å². The zero-order valence-electron chi connectivity index (χ0n) is 16.3. The minimum Gasteiger partial charge on any atom is -0.334 e. The number of rotatable bonds is 1. The molecule has 0 atom stereocenters. The number of hydrogen-bond acceptors (Lipinski definition) is 2. The van der Waals surface area contributed by atoms with Crippen LogP contribution in [0.3, 0.4) is 0 Å². The highest BCUT2D eigenvalue weighted by molar-refractivity contribution is 5.95. The second-order valence-electron chi connectivity index (χ2n) is 7.31. The molecule has 0 saturated carbocycles. The summed E-state index contributed by atoms with van der Waals surface area (Å²) in [5, 5.41) is 0. The first-order valence-corrected chi connectivity index (χ1v) is 9.78. The average Bonchev–Trinajstić information content (AvgIpc) is 2.70. The van der Waals surface area contributed by atoms with Crippen LogP contribution in [0.25, 0.3) is 0 Å². The number of nitrogens with zero attached hydrogens (tertiary/aromatic N) is 2. The second kappa shape index (κ2) is 8.85. The standard InChI is InChI=1S/C23H28N2O2/c1-18-10-9-12-20(16-18)23(27)24-14-7-3-4-8-15-25(19(2)26)22-13-6-5-11-21(22)17-24/h5-6,9-13,16H,3-4,7-8,14-15,17H2,1-2H3. The zero-order chi connectivity index (χ0) is 19.2. The maximum absolute atomic E-state index is 13.2. The molecule has 142 valence electrons. The van der Waals surface area contributed by atoms with E-state index in [9.17, 15) is 9.59 Å². The number of aryl methyl sites for hydroxylation is 1. The third-order valence-corrected chi connectivity index (χ3v) is 5.14. The van der Waals surface area contributed by atoms with Crippen LogP contribution in [0.2, 0.25) is 0 Å². The Balaban J connectivity index is 1.94. The van der Waals surface area contributed by atoms with Crippen molar-refractivity contribution in [1.29, 1.82) is 0 Å². The molecule has 0 N–H and O–H groups in total. The fourth-order valence-electron chi connectivity index (χ4n) is 3.70. The highest BCUT2D eigenvalue weighted by Gasteiger charge is 2.21. The van der Waals surface area contributed by atoms with E-state index in [2.05, 4.69) is 0 Å². The quantitative estimate of drug-likeness (QED) is 0.744. The van der Waals surface area contributed by atoms with E-state index in [-0.39, 0.29) is 11.8 Å². The Morgan fingerprint density at radius 2 is 1.63 bits per heavy atom. The number of carbonyl (C=O) groups excluding carboxylic acids is 2. The van der Waals surface area contributed by atoms with Crippen LogP contribution in [0.15, 0.2) is 48.5 Å². The molecule has 0 spiro atoms. The van der Waals surface area contributed by atoms with Gasteiger partial charge in [0.15, 0.2) is 0 Å². The predicted octanol–water partition coefficient (Wildman–Crippen LogP) is 4.56. The number of para-hydroxylation sites is 1. The van der Waals surface area contributed by atoms with E-state index in [0.29, 0.717) is 6.54 Å². The van der Waals surface area contributed by atoms with Crippen LogP contribution in [-0.2, 0) is 11.3 Å². The lowest BCUT2D eigenvalue weighted by Crippen LogP contribution is -2.33. The molecule has 0 saturated heterocycles. The summed E-state index contributed by atoms with van der Waals surface area (Å²) in [5.74, 6) is 0.111. The van der Waals surface area contributed by atoms with Crippen LogP contribution >= 0.6 is 0 Å². The molecule has 1 heterocycles. The lowest BCUT2D eigenvalue weighted by Gasteiger charge is -2.27. The summed E-state index contributed by atoms with van der Waals surface area (Å²) in [7, 11) is 0. The van der Waals surface area contributed by atoms with Crippen molar-refractivity contribution >= 4 is 17.5 Å². The largest absolute Gasteiger partial charge is 0.334 e. The zero-order valence-corrected chi connectivity index (χ0v) is 16.3. The second-order valence-corrected chi connectivity index (χ2v) is 7.31. The summed E-state index contributed by atoms with van der Waals surface area (Å²) in [6.07, 6.45) is 4.11. The molecule has 0 aromatic heterocycles. The van der Waals surface area contributed by atoms with Crippen LogP contribution in [-0.4, -0.2) is 29.8 Å². The molecule has 4 heteroatoms. The van der Waals surface area contributed by atoms with E-state index in [1.807, 2.05) is 65.3 Å². The Morgan fingerprint density at radius 3 is 2.37 bits per heavy atom. The fourth-order valence-corrected chi connectivity index (χ4v) is 3.70. The number of anilines is 1. The van der Waals surface area contributed by atoms with Gasteiger partial charge in [-0.15, -0.1) is 0 Å². The van der Waals surface area contributed by atoms with Gasteiger partial charge in [0.1, 0.15) is 0 Å². The fraction of sp³-hybridized carbons (Fsp3) is 0.391. The van der Waals surface area contributed by atoms with Crippen molar-refractivity contribution in [1.82, 2.24) is 4.90 Å². The van der Waals surface area contributed by atoms with Crippen molar-refractivity contribution < 1.29 is 9.59 Å². The smallest absolute Gasteiger partial charge is 0.254 e. The van der Waals surface area contributed by atoms with E-state index in [1.165, 1.54) is 0 Å². The highest BCUT2D eigenvalue weighted by Crippen LogP contribution is 2.25. The van der Waals surface area contributed by atoms with Gasteiger partial charge < -0.3 is 9.80 Å². The number of carbonyl (C=O) groups is 2. The molecule has 1 aliphatic rings. The molecule has 3 rings (SSSR count). The minimum atomic E-state index is 0.0539. The summed E-state index contributed by atoms with van der Waals surface area (Å²) < 4.78 is 0. The number of hydrogen-bond donors (Lipinski definition) is 0. The van der Waals surface area contributed by atoms with Gasteiger partial charge in [-0.1, -0.05) is 48.7 Å². The summed E-state index contributed by atoms with van der Waals surface area (Å²) in [4.78, 5) is 29.2. The van der Waals surface area contributed by atoms with Crippen LogP contribution < -0.4 is 4.90 Å². The molecule has 0 bridgehead atoms. The summed E-state index contributed by atoms with van der Waals surface area (Å²) >= 11 is 0. The van der Waals surface area contributed by atoms with Crippen molar-refractivity contribution in [3.8, 4) is 0 Å². The molecule has 2 aromatic carbocycles. The van der Waals surface area contributed by atoms with Gasteiger partial charge >= 0.3 is 0 Å². The van der Waals surface area contributed by atoms with Crippen molar-refractivity contribution in [2.75, 3.05) is 18.0 Å². The number of fused-ring (bicyclic) bond motifs is 1. The van der Waals surface area contributed by atoms with Crippen molar-refractivity contribution in [2.45, 2.75) is 46.1 Å². The number of amides is 2. The van der Waals surface area contributed by atoms with Crippen LogP contribution in [0, 0.1) is 6.92 Å². The van der Waals surface area contributed by atoms with Crippen LogP contribution in [0.4, 0.5) is 5.69 Å². The lowest BCUT2D eigenvalue weighted by atomic mass is 10.1. The van der Waals surface area contributed by atoms with Gasteiger partial charge in [-0.3, -0.25) is 9.59 Å². The lowest BCUT2D eigenvalue weighted by molar-refractivity contribution is -0.116. The Labute approximate surface area is 161 Å². The van der Waals surface area contributed by atoms with Crippen LogP contribution in [0.1, 0.15) is 54.1 Å². The normalized spacial score (nSPS) is 15.6. The SMILES string of the molecule is CC(=O)N1CCCCCCN(C(=O)c2cccc(C)c2)Cc2ccccc21. The van der Waals surface area contributed by atoms with Crippen molar-refractivity contribution in [3.05, 3.63) is 65.2 Å². The first kappa shape index (κ1) is 19.2. The Bertz CT molecular complexity index is 816. The summed E-state index contributed by atoms with van der Waals surface area (Å²) in [5.41, 5.74) is 3.76. The molecule has 2 amide bonds. The first-order valence-electron chi connectivity index (χ1n) is 9.78. The van der Waals surface area contributed by atoms with E-state index < -0.39 is 0 Å². The van der Waals surface area contributed by atoms with Crippen LogP contribution in [0.5, 0.6) is 0 Å². The predicted molar refractivity (Wildman–Crippen MR) is 109 cm³/mol. The van der Waals surface area contributed by atoms with Gasteiger partial charge in [0.2, 0.25) is 5.91 Å². The van der Waals surface area contributed by atoms with Gasteiger partial charge in [-0.2, -0.15) is 0 Å². The third kappa shape index (κ3) is 4.76. The molecule has 0 radical (unpaired) electrons. The molecular formula is C23H28N2O2. The van der Waals surface area contributed by atoms with Gasteiger partial charge in [0, 0.05) is 37.8 Å². The summed E-state index contributed by atoms with van der Waals surface area (Å²) in [6, 6.07) is 15.7. The van der Waals surface area contributed by atoms with Crippen molar-refractivity contribution in [2.24, 2.45) is 0 Å². The third-order valence-electron chi connectivity index (χ3n) is 5.14. The number of benzene rings is 2. The highest BCUT2D eigenvalue weighted by atomic mass is 16.2. The molecule has 0 fully saturated rings. The van der Waals surface area contributed by atoms with E-state index in [0.717, 1.165) is 61.2 Å². The molecule has 2 aromatic rings. The van der Waals surface area contributed by atoms with E-state index in [4.69, 9.17) is 0 Å². The molecule has 0 unspecified atom stereocenters. The summed E-state index contributed by atoms with van der Waals surface area (Å²) in [6.45, 7) is 5.61. The van der Waals surface area contributed by atoms with Gasteiger partial charge in [-0.05, 0) is 43.5 Å².